The first kappa shape index (κ1) is 13.9. The van der Waals surface area contributed by atoms with Gasteiger partial charge in [0.1, 0.15) is 11.9 Å². The molecule has 0 bridgehead atoms. The number of nitrogens with one attached hydrogen (secondary N) is 1. The zero-order valence-electron chi connectivity index (χ0n) is 10.4. The number of anilines is 1. The van der Waals surface area contributed by atoms with Gasteiger partial charge < -0.3 is 15.0 Å². The first-order chi connectivity index (χ1) is 8.67. The van der Waals surface area contributed by atoms with Gasteiger partial charge in [0.25, 0.3) is 0 Å². The quantitative estimate of drug-likeness (QED) is 0.686. The lowest BCUT2D eigenvalue weighted by atomic mass is 10.4. The molecule has 0 saturated heterocycles. The maximum absolute atomic E-state index is 11.5. The van der Waals surface area contributed by atoms with Crippen molar-refractivity contribution in [3.05, 3.63) is 18.1 Å². The standard InChI is InChI=1S/C11H15N5O2/c1-16(8-11(17)13-3-4-18-2)10-7-14-9(5-12)6-15-10/h6-7H,3-4,8H2,1-2H3,(H,13,17). The number of carbonyl (C=O) groups is 1. The summed E-state index contributed by atoms with van der Waals surface area (Å²) >= 11 is 0. The first-order valence-electron chi connectivity index (χ1n) is 5.36. The van der Waals surface area contributed by atoms with Gasteiger partial charge in [-0.1, -0.05) is 0 Å². The second-order valence-corrected chi connectivity index (χ2v) is 3.57. The van der Waals surface area contributed by atoms with Crippen LogP contribution in [0.4, 0.5) is 5.82 Å². The van der Waals surface area contributed by atoms with Crippen LogP contribution in [0.5, 0.6) is 0 Å². The molecule has 7 heteroatoms. The minimum Gasteiger partial charge on any atom is -0.383 e. The SMILES string of the molecule is COCCNC(=O)CN(C)c1cnc(C#N)cn1. The monoisotopic (exact) mass is 249 g/mol. The predicted octanol–water partition coefficient (Wildman–Crippen LogP) is -0.453. The number of carbonyl (C=O) groups excluding carboxylic acids is 1. The van der Waals surface area contributed by atoms with Crippen molar-refractivity contribution in [3.8, 4) is 6.07 Å². The number of amides is 1. The van der Waals surface area contributed by atoms with E-state index in [0.717, 1.165) is 0 Å². The van der Waals surface area contributed by atoms with Crippen LogP contribution in [0.15, 0.2) is 12.4 Å². The number of rotatable bonds is 6. The van der Waals surface area contributed by atoms with Crippen LogP contribution >= 0.6 is 0 Å². The van der Waals surface area contributed by atoms with Gasteiger partial charge in [-0.15, -0.1) is 0 Å². The Morgan fingerprint density at radius 1 is 1.56 bits per heavy atom. The molecule has 1 amide bonds. The van der Waals surface area contributed by atoms with E-state index in [1.807, 2.05) is 6.07 Å². The van der Waals surface area contributed by atoms with Gasteiger partial charge in [-0.3, -0.25) is 4.79 Å². The van der Waals surface area contributed by atoms with Crippen LogP contribution in [0.25, 0.3) is 0 Å². The normalized spacial score (nSPS) is 9.61. The van der Waals surface area contributed by atoms with E-state index in [0.29, 0.717) is 19.0 Å². The van der Waals surface area contributed by atoms with E-state index in [1.54, 1.807) is 19.1 Å². The maximum atomic E-state index is 11.5. The fraction of sp³-hybridized carbons (Fsp3) is 0.455. The summed E-state index contributed by atoms with van der Waals surface area (Å²) in [6.45, 7) is 1.12. The molecule has 1 heterocycles. The molecular formula is C11H15N5O2. The molecule has 1 rings (SSSR count). The third-order valence-corrected chi connectivity index (χ3v) is 2.15. The van der Waals surface area contributed by atoms with Gasteiger partial charge in [-0.2, -0.15) is 5.26 Å². The Balaban J connectivity index is 2.46. The van der Waals surface area contributed by atoms with E-state index < -0.39 is 0 Å². The van der Waals surface area contributed by atoms with Gasteiger partial charge in [0.05, 0.1) is 25.5 Å². The van der Waals surface area contributed by atoms with Crippen LogP contribution < -0.4 is 10.2 Å². The molecule has 0 atom stereocenters. The second kappa shape index (κ2) is 7.19. The predicted molar refractivity (Wildman–Crippen MR) is 64.9 cm³/mol. The van der Waals surface area contributed by atoms with Crippen molar-refractivity contribution in [3.63, 3.8) is 0 Å². The molecular weight excluding hydrogens is 234 g/mol. The van der Waals surface area contributed by atoms with Gasteiger partial charge in [-0.05, 0) is 0 Å². The number of hydrogen-bond acceptors (Lipinski definition) is 6. The smallest absolute Gasteiger partial charge is 0.239 e. The number of methoxy groups -OCH3 is 1. The summed E-state index contributed by atoms with van der Waals surface area (Å²) in [7, 11) is 3.30. The molecule has 0 aliphatic carbocycles. The Kier molecular flexibility index (Phi) is 5.54. The van der Waals surface area contributed by atoms with Crippen LogP contribution in [0, 0.1) is 11.3 Å². The van der Waals surface area contributed by atoms with E-state index >= 15 is 0 Å². The van der Waals surface area contributed by atoms with Crippen molar-refractivity contribution in [2.24, 2.45) is 0 Å². The first-order valence-corrected chi connectivity index (χ1v) is 5.36. The lowest BCUT2D eigenvalue weighted by molar-refractivity contribution is -0.119. The molecule has 1 N–H and O–H groups in total. The van der Waals surface area contributed by atoms with E-state index in [4.69, 9.17) is 10.00 Å². The van der Waals surface area contributed by atoms with Gasteiger partial charge in [0, 0.05) is 20.7 Å². The molecule has 0 aromatic carbocycles. The Morgan fingerprint density at radius 3 is 2.89 bits per heavy atom. The van der Waals surface area contributed by atoms with Crippen LogP contribution in [-0.2, 0) is 9.53 Å². The summed E-state index contributed by atoms with van der Waals surface area (Å²) in [6.07, 6.45) is 2.83. The average molecular weight is 249 g/mol. The molecule has 0 radical (unpaired) electrons. The van der Waals surface area contributed by atoms with E-state index in [-0.39, 0.29) is 18.1 Å². The summed E-state index contributed by atoms with van der Waals surface area (Å²) in [5.74, 6) is 0.414. The zero-order chi connectivity index (χ0) is 13.4. The Bertz CT molecular complexity index is 426. The number of hydrogen-bond donors (Lipinski definition) is 1. The summed E-state index contributed by atoms with van der Waals surface area (Å²) in [4.78, 5) is 21.1. The Morgan fingerprint density at radius 2 is 2.33 bits per heavy atom. The third-order valence-electron chi connectivity index (χ3n) is 2.15. The van der Waals surface area contributed by atoms with Crippen molar-refractivity contribution in [2.45, 2.75) is 0 Å². The molecule has 0 saturated carbocycles. The van der Waals surface area contributed by atoms with E-state index in [2.05, 4.69) is 15.3 Å². The Hall–Kier alpha value is -2.20. The minimum absolute atomic E-state index is 0.124. The third kappa shape index (κ3) is 4.35. The van der Waals surface area contributed by atoms with Gasteiger partial charge >= 0.3 is 0 Å². The highest BCUT2D eigenvalue weighted by atomic mass is 16.5. The van der Waals surface area contributed by atoms with E-state index in [9.17, 15) is 4.79 Å². The highest BCUT2D eigenvalue weighted by molar-refractivity contribution is 5.80. The number of nitriles is 1. The lowest BCUT2D eigenvalue weighted by Crippen LogP contribution is -2.37. The van der Waals surface area contributed by atoms with Crippen molar-refractivity contribution in [2.75, 3.05) is 38.8 Å². The molecule has 96 valence electrons. The highest BCUT2D eigenvalue weighted by Crippen LogP contribution is 2.05. The summed E-state index contributed by atoms with van der Waals surface area (Å²) < 4.78 is 4.83. The Labute approximate surface area is 105 Å². The van der Waals surface area contributed by atoms with Gasteiger partial charge in [0.15, 0.2) is 5.69 Å². The zero-order valence-corrected chi connectivity index (χ0v) is 10.4. The highest BCUT2D eigenvalue weighted by Gasteiger charge is 2.08. The molecule has 0 spiro atoms. The van der Waals surface area contributed by atoms with Crippen molar-refractivity contribution in [1.82, 2.24) is 15.3 Å². The van der Waals surface area contributed by atoms with Crippen LogP contribution in [0.1, 0.15) is 5.69 Å². The lowest BCUT2D eigenvalue weighted by Gasteiger charge is -2.16. The second-order valence-electron chi connectivity index (χ2n) is 3.57. The van der Waals surface area contributed by atoms with Gasteiger partial charge in [0.2, 0.25) is 5.91 Å². The topological polar surface area (TPSA) is 91.1 Å². The molecule has 0 unspecified atom stereocenters. The number of nitrogens with zero attached hydrogens (tertiary/aromatic N) is 4. The molecule has 7 nitrogen and oxygen atoms in total. The van der Waals surface area contributed by atoms with Crippen LogP contribution in [-0.4, -0.2) is 49.7 Å². The van der Waals surface area contributed by atoms with Crippen molar-refractivity contribution < 1.29 is 9.53 Å². The molecule has 18 heavy (non-hydrogen) atoms. The molecule has 1 aromatic rings. The fourth-order valence-electron chi connectivity index (χ4n) is 1.22. The number of likely N-dealkylation sites (N-methyl/N-ethyl adjacent to an activating group) is 1. The number of ether oxygens (including phenoxy) is 1. The average Bonchev–Trinajstić information content (AvgIpc) is 2.39. The summed E-state index contributed by atoms with van der Waals surface area (Å²) in [6, 6.07) is 1.88. The summed E-state index contributed by atoms with van der Waals surface area (Å²) in [5, 5.41) is 11.3. The fourth-order valence-corrected chi connectivity index (χ4v) is 1.22. The van der Waals surface area contributed by atoms with Crippen LogP contribution in [0.3, 0.4) is 0 Å². The summed E-state index contributed by atoms with van der Waals surface area (Å²) in [5.41, 5.74) is 0.247. The minimum atomic E-state index is -0.124. The van der Waals surface area contributed by atoms with Crippen LogP contribution in [0.2, 0.25) is 0 Å². The molecule has 0 aliphatic heterocycles. The molecule has 0 aliphatic rings. The largest absolute Gasteiger partial charge is 0.383 e. The molecule has 0 fully saturated rings. The van der Waals surface area contributed by atoms with Gasteiger partial charge in [-0.25, -0.2) is 9.97 Å². The number of aromatic nitrogens is 2. The van der Waals surface area contributed by atoms with Crippen molar-refractivity contribution in [1.29, 1.82) is 5.26 Å². The van der Waals surface area contributed by atoms with E-state index in [1.165, 1.54) is 12.4 Å². The van der Waals surface area contributed by atoms with Crippen molar-refractivity contribution >= 4 is 11.7 Å². The molecule has 1 aromatic heterocycles. The maximum Gasteiger partial charge on any atom is 0.239 e.